The lowest BCUT2D eigenvalue weighted by atomic mass is 10.3. The van der Waals surface area contributed by atoms with Gasteiger partial charge in [0.2, 0.25) is 0 Å². The molecule has 0 aliphatic carbocycles. The summed E-state index contributed by atoms with van der Waals surface area (Å²) in [5.41, 5.74) is 0. The van der Waals surface area contributed by atoms with Gasteiger partial charge in [-0.15, -0.1) is 0 Å². The zero-order valence-corrected chi connectivity index (χ0v) is 11.1. The molecule has 2 amide bonds. The number of ether oxygens (including phenoxy) is 1. The molecular formula is C13H18N2O4. The highest BCUT2D eigenvalue weighted by atomic mass is 16.5. The van der Waals surface area contributed by atoms with Gasteiger partial charge < -0.3 is 14.5 Å². The molecule has 6 nitrogen and oxygen atoms in total. The van der Waals surface area contributed by atoms with Crippen molar-refractivity contribution in [3.63, 3.8) is 0 Å². The van der Waals surface area contributed by atoms with Crippen molar-refractivity contribution in [1.82, 2.24) is 10.2 Å². The average Bonchev–Trinajstić information content (AvgIpc) is 2.79. The van der Waals surface area contributed by atoms with Crippen LogP contribution in [0.4, 0.5) is 0 Å². The first-order chi connectivity index (χ1) is 9.06. The molecule has 1 saturated heterocycles. The number of carbonyl (C=O) groups is 2. The molecule has 19 heavy (non-hydrogen) atoms. The Labute approximate surface area is 111 Å². The second-order valence-corrected chi connectivity index (χ2v) is 4.77. The average molecular weight is 266 g/mol. The van der Waals surface area contributed by atoms with Gasteiger partial charge in [0, 0.05) is 6.04 Å². The molecular weight excluding hydrogens is 248 g/mol. The summed E-state index contributed by atoms with van der Waals surface area (Å²) < 4.78 is 10.4. The number of amides is 2. The van der Waals surface area contributed by atoms with E-state index in [1.807, 2.05) is 6.07 Å². The number of nitrogens with one attached hydrogen (secondary N) is 1. The van der Waals surface area contributed by atoms with Gasteiger partial charge in [0.15, 0.2) is 0 Å². The summed E-state index contributed by atoms with van der Waals surface area (Å²) in [4.78, 5) is 24.3. The molecule has 1 aromatic heterocycles. The van der Waals surface area contributed by atoms with Gasteiger partial charge in [-0.1, -0.05) is 13.8 Å². The lowest BCUT2D eigenvalue weighted by Crippen LogP contribution is -2.45. The van der Waals surface area contributed by atoms with E-state index in [1.54, 1.807) is 6.07 Å². The van der Waals surface area contributed by atoms with Crippen molar-refractivity contribution in [3.8, 4) is 0 Å². The van der Waals surface area contributed by atoms with Crippen LogP contribution >= 0.6 is 0 Å². The Hall–Kier alpha value is -1.66. The molecule has 6 heteroatoms. The molecule has 1 aliphatic heterocycles. The van der Waals surface area contributed by atoms with Crippen LogP contribution in [0.15, 0.2) is 16.5 Å². The second-order valence-electron chi connectivity index (χ2n) is 4.77. The van der Waals surface area contributed by atoms with Crippen LogP contribution < -0.4 is 5.32 Å². The predicted octanol–water partition coefficient (Wildman–Crippen LogP) is 0.663. The van der Waals surface area contributed by atoms with E-state index < -0.39 is 0 Å². The van der Waals surface area contributed by atoms with Crippen molar-refractivity contribution < 1.29 is 18.7 Å². The third-order valence-electron chi connectivity index (χ3n) is 2.77. The molecule has 1 fully saturated rings. The molecule has 1 aromatic rings. The Morgan fingerprint density at radius 3 is 2.47 bits per heavy atom. The first-order valence-corrected chi connectivity index (χ1v) is 6.28. The Kier molecular flexibility index (Phi) is 4.34. The van der Waals surface area contributed by atoms with Crippen LogP contribution in [0.1, 0.15) is 25.4 Å². The van der Waals surface area contributed by atoms with E-state index in [1.165, 1.54) is 4.90 Å². The number of morpholine rings is 1. The fourth-order valence-corrected chi connectivity index (χ4v) is 1.76. The van der Waals surface area contributed by atoms with Crippen LogP contribution in [-0.2, 0) is 27.4 Å². The molecule has 1 N–H and O–H groups in total. The van der Waals surface area contributed by atoms with Crippen molar-refractivity contribution in [1.29, 1.82) is 0 Å². The molecule has 0 aromatic carbocycles. The van der Waals surface area contributed by atoms with Crippen LogP contribution in [0, 0.1) is 0 Å². The summed E-state index contributed by atoms with van der Waals surface area (Å²) in [6, 6.07) is 4.00. The van der Waals surface area contributed by atoms with E-state index in [9.17, 15) is 9.59 Å². The molecule has 2 rings (SSSR count). The van der Waals surface area contributed by atoms with Crippen LogP contribution in [0.5, 0.6) is 0 Å². The van der Waals surface area contributed by atoms with Crippen LogP contribution in [-0.4, -0.2) is 36.0 Å². The number of hydrogen-bond donors (Lipinski definition) is 1. The molecule has 0 atom stereocenters. The van der Waals surface area contributed by atoms with Crippen molar-refractivity contribution in [2.45, 2.75) is 33.0 Å². The van der Waals surface area contributed by atoms with Crippen molar-refractivity contribution in [3.05, 3.63) is 23.7 Å². The standard InChI is InChI=1S/C13H18N2O4/c1-9(2)14-5-10-3-4-11(19-10)6-15-12(16)7-18-8-13(15)17/h3-4,9,14H,5-8H2,1-2H3. The van der Waals surface area contributed by atoms with E-state index in [0.29, 0.717) is 18.3 Å². The van der Waals surface area contributed by atoms with Gasteiger partial charge in [-0.25, -0.2) is 0 Å². The number of hydrogen-bond acceptors (Lipinski definition) is 5. The highest BCUT2D eigenvalue weighted by Crippen LogP contribution is 2.13. The third kappa shape index (κ3) is 3.65. The lowest BCUT2D eigenvalue weighted by molar-refractivity contribution is -0.159. The maximum atomic E-state index is 11.6. The van der Waals surface area contributed by atoms with Crippen LogP contribution in [0.2, 0.25) is 0 Å². The zero-order chi connectivity index (χ0) is 13.8. The Morgan fingerprint density at radius 2 is 1.84 bits per heavy atom. The quantitative estimate of drug-likeness (QED) is 0.793. The number of carbonyl (C=O) groups excluding carboxylic acids is 2. The van der Waals surface area contributed by atoms with Gasteiger partial charge in [-0.3, -0.25) is 14.5 Å². The van der Waals surface area contributed by atoms with E-state index in [4.69, 9.17) is 9.15 Å². The van der Waals surface area contributed by atoms with Crippen molar-refractivity contribution >= 4 is 11.8 Å². The number of rotatable bonds is 5. The van der Waals surface area contributed by atoms with Crippen LogP contribution in [0.3, 0.4) is 0 Å². The number of nitrogens with zero attached hydrogens (tertiary/aromatic N) is 1. The van der Waals surface area contributed by atoms with E-state index in [2.05, 4.69) is 19.2 Å². The van der Waals surface area contributed by atoms with Gasteiger partial charge in [-0.05, 0) is 12.1 Å². The molecule has 2 heterocycles. The molecule has 0 saturated carbocycles. The second kappa shape index (κ2) is 5.99. The number of imide groups is 1. The fourth-order valence-electron chi connectivity index (χ4n) is 1.76. The normalized spacial score (nSPS) is 16.5. The van der Waals surface area contributed by atoms with Crippen molar-refractivity contribution in [2.24, 2.45) is 0 Å². The molecule has 0 unspecified atom stereocenters. The van der Waals surface area contributed by atoms with E-state index >= 15 is 0 Å². The minimum absolute atomic E-state index is 0.0474. The number of furan rings is 1. The highest BCUT2D eigenvalue weighted by Gasteiger charge is 2.27. The molecule has 0 radical (unpaired) electrons. The summed E-state index contributed by atoms with van der Waals surface area (Å²) in [6.07, 6.45) is 0. The maximum absolute atomic E-state index is 11.6. The summed E-state index contributed by atoms with van der Waals surface area (Å²) in [5, 5.41) is 3.24. The smallest absolute Gasteiger partial charge is 0.255 e. The summed E-state index contributed by atoms with van der Waals surface area (Å²) in [7, 11) is 0. The van der Waals surface area contributed by atoms with E-state index in [-0.39, 0.29) is 31.6 Å². The summed E-state index contributed by atoms with van der Waals surface area (Å²) in [5.74, 6) is 0.741. The largest absolute Gasteiger partial charge is 0.463 e. The van der Waals surface area contributed by atoms with Crippen LogP contribution in [0.25, 0.3) is 0 Å². The van der Waals surface area contributed by atoms with Crippen molar-refractivity contribution in [2.75, 3.05) is 13.2 Å². The first kappa shape index (κ1) is 13.8. The molecule has 1 aliphatic rings. The fraction of sp³-hybridized carbons (Fsp3) is 0.538. The van der Waals surface area contributed by atoms with Gasteiger partial charge in [-0.2, -0.15) is 0 Å². The lowest BCUT2D eigenvalue weighted by Gasteiger charge is -2.23. The minimum Gasteiger partial charge on any atom is -0.463 e. The third-order valence-corrected chi connectivity index (χ3v) is 2.77. The minimum atomic E-state index is -0.325. The molecule has 104 valence electrons. The van der Waals surface area contributed by atoms with Gasteiger partial charge in [0.1, 0.15) is 24.7 Å². The zero-order valence-electron chi connectivity index (χ0n) is 11.1. The maximum Gasteiger partial charge on any atom is 0.255 e. The molecule has 0 bridgehead atoms. The molecule has 0 spiro atoms. The van der Waals surface area contributed by atoms with Gasteiger partial charge in [0.05, 0.1) is 13.1 Å². The van der Waals surface area contributed by atoms with E-state index in [0.717, 1.165) is 5.76 Å². The Balaban J connectivity index is 1.95. The van der Waals surface area contributed by atoms with Gasteiger partial charge in [0.25, 0.3) is 11.8 Å². The highest BCUT2D eigenvalue weighted by molar-refractivity contribution is 5.98. The Morgan fingerprint density at radius 1 is 1.21 bits per heavy atom. The first-order valence-electron chi connectivity index (χ1n) is 6.28. The monoisotopic (exact) mass is 266 g/mol. The topological polar surface area (TPSA) is 71.8 Å². The Bertz CT molecular complexity index is 451. The predicted molar refractivity (Wildman–Crippen MR) is 67.1 cm³/mol. The van der Waals surface area contributed by atoms with Gasteiger partial charge >= 0.3 is 0 Å². The summed E-state index contributed by atoms with van der Waals surface area (Å²) in [6.45, 7) is 4.80. The summed E-state index contributed by atoms with van der Waals surface area (Å²) >= 11 is 0. The SMILES string of the molecule is CC(C)NCc1ccc(CN2C(=O)COCC2=O)o1.